The molecule has 7 rings (SSSR count). The predicted octanol–water partition coefficient (Wildman–Crippen LogP) is 5.05. The Balaban J connectivity index is 1.76. The van der Waals surface area contributed by atoms with E-state index in [4.69, 9.17) is 0 Å². The molecule has 4 bridgehead atoms. The number of carbonyl (C=O) groups excluding carboxylic acids is 1. The molecule has 0 radical (unpaired) electrons. The fourth-order valence-corrected chi connectivity index (χ4v) is 3.45. The SMILES string of the molecule is O=Cc1ccc(-c2cc3ccc2CCc2ccc(cc2)CC3)cc1. The fraction of sp³-hybridized carbons (Fsp3) is 0.174. The lowest BCUT2D eigenvalue weighted by Gasteiger charge is -2.15. The topological polar surface area (TPSA) is 17.1 Å². The summed E-state index contributed by atoms with van der Waals surface area (Å²) in [5, 5.41) is 0. The average Bonchev–Trinajstić information content (AvgIpc) is 2.64. The summed E-state index contributed by atoms with van der Waals surface area (Å²) in [6, 6.07) is 23.9. The van der Waals surface area contributed by atoms with E-state index in [0.717, 1.165) is 37.5 Å². The Kier molecular flexibility index (Phi) is 4.00. The van der Waals surface area contributed by atoms with Gasteiger partial charge in [0.15, 0.2) is 0 Å². The second kappa shape index (κ2) is 6.45. The molecule has 4 aliphatic carbocycles. The minimum Gasteiger partial charge on any atom is -0.298 e. The first-order chi connectivity index (χ1) is 11.8. The van der Waals surface area contributed by atoms with E-state index in [1.165, 1.54) is 33.4 Å². The number of hydrogen-bond acceptors (Lipinski definition) is 1. The normalized spacial score (nSPS) is 13.3. The summed E-state index contributed by atoms with van der Waals surface area (Å²) in [5.74, 6) is 0. The van der Waals surface area contributed by atoms with Gasteiger partial charge in [-0.2, -0.15) is 0 Å². The molecule has 0 fully saturated rings. The van der Waals surface area contributed by atoms with Crippen molar-refractivity contribution in [3.05, 3.63) is 94.5 Å². The van der Waals surface area contributed by atoms with Crippen LogP contribution in [0.2, 0.25) is 0 Å². The lowest BCUT2D eigenvalue weighted by Crippen LogP contribution is -2.00. The first-order valence-corrected chi connectivity index (χ1v) is 8.57. The number of hydrogen-bond donors (Lipinski definition) is 0. The fourth-order valence-electron chi connectivity index (χ4n) is 3.45. The molecule has 0 heterocycles. The molecule has 1 nitrogen and oxygen atoms in total. The summed E-state index contributed by atoms with van der Waals surface area (Å²) in [6.07, 6.45) is 5.11. The van der Waals surface area contributed by atoms with Crippen molar-refractivity contribution in [2.75, 3.05) is 0 Å². The molecule has 0 N–H and O–H groups in total. The summed E-state index contributed by atoms with van der Waals surface area (Å²) in [6.45, 7) is 0. The van der Waals surface area contributed by atoms with Crippen molar-refractivity contribution in [1.82, 2.24) is 0 Å². The summed E-state index contributed by atoms with van der Waals surface area (Å²) in [4.78, 5) is 10.9. The molecule has 4 aliphatic rings. The lowest BCUT2D eigenvalue weighted by molar-refractivity contribution is 0.112. The van der Waals surface area contributed by atoms with Gasteiger partial charge >= 0.3 is 0 Å². The van der Waals surface area contributed by atoms with E-state index in [1.807, 2.05) is 12.1 Å². The van der Waals surface area contributed by atoms with E-state index in [2.05, 4.69) is 54.6 Å². The van der Waals surface area contributed by atoms with Crippen LogP contribution in [-0.4, -0.2) is 6.29 Å². The van der Waals surface area contributed by atoms with Crippen LogP contribution in [0.4, 0.5) is 0 Å². The van der Waals surface area contributed by atoms with Crippen LogP contribution >= 0.6 is 0 Å². The van der Waals surface area contributed by atoms with Crippen LogP contribution in [0, 0.1) is 0 Å². The van der Waals surface area contributed by atoms with E-state index >= 15 is 0 Å². The van der Waals surface area contributed by atoms with Crippen molar-refractivity contribution in [1.29, 1.82) is 0 Å². The lowest BCUT2D eigenvalue weighted by atomic mass is 9.90. The second-order valence-corrected chi connectivity index (χ2v) is 6.55. The molecule has 0 aromatic heterocycles. The summed E-state index contributed by atoms with van der Waals surface area (Å²) < 4.78 is 0. The van der Waals surface area contributed by atoms with Gasteiger partial charge in [-0.3, -0.25) is 4.79 Å². The van der Waals surface area contributed by atoms with Gasteiger partial charge in [-0.25, -0.2) is 0 Å². The minimum atomic E-state index is 0.727. The Labute approximate surface area is 143 Å². The smallest absolute Gasteiger partial charge is 0.150 e. The van der Waals surface area contributed by atoms with Gasteiger partial charge in [-0.1, -0.05) is 66.7 Å². The van der Waals surface area contributed by atoms with Crippen molar-refractivity contribution in [2.45, 2.75) is 25.7 Å². The molecule has 0 aliphatic heterocycles. The van der Waals surface area contributed by atoms with Crippen molar-refractivity contribution >= 4 is 6.29 Å². The highest BCUT2D eigenvalue weighted by atomic mass is 16.1. The van der Waals surface area contributed by atoms with Crippen LogP contribution in [0.15, 0.2) is 66.7 Å². The number of rotatable bonds is 2. The van der Waals surface area contributed by atoms with Gasteiger partial charge in [-0.15, -0.1) is 0 Å². The van der Waals surface area contributed by atoms with Gasteiger partial charge in [0.2, 0.25) is 0 Å². The number of aldehydes is 1. The van der Waals surface area contributed by atoms with Gasteiger partial charge in [0.1, 0.15) is 6.29 Å². The van der Waals surface area contributed by atoms with Gasteiger partial charge < -0.3 is 0 Å². The number of benzene rings is 3. The number of aryl methyl sites for hydroxylation is 4. The Morgan fingerprint density at radius 3 is 1.88 bits per heavy atom. The van der Waals surface area contributed by atoms with Crippen LogP contribution in [0.5, 0.6) is 0 Å². The maximum Gasteiger partial charge on any atom is 0.150 e. The molecule has 24 heavy (non-hydrogen) atoms. The van der Waals surface area contributed by atoms with Crippen molar-refractivity contribution in [2.24, 2.45) is 0 Å². The van der Waals surface area contributed by atoms with Crippen LogP contribution < -0.4 is 0 Å². The molecule has 0 saturated carbocycles. The van der Waals surface area contributed by atoms with Gasteiger partial charge in [0.05, 0.1) is 0 Å². The minimum absolute atomic E-state index is 0.727. The monoisotopic (exact) mass is 312 g/mol. The van der Waals surface area contributed by atoms with E-state index in [0.29, 0.717) is 0 Å². The zero-order valence-electron chi connectivity index (χ0n) is 13.7. The Morgan fingerprint density at radius 2 is 1.21 bits per heavy atom. The molecule has 3 aromatic carbocycles. The van der Waals surface area contributed by atoms with E-state index in [1.54, 1.807) is 0 Å². The molecule has 0 spiro atoms. The molecule has 1 heteroatoms. The first-order valence-electron chi connectivity index (χ1n) is 8.57. The molecular formula is C23H20O. The second-order valence-electron chi connectivity index (χ2n) is 6.55. The summed E-state index contributed by atoms with van der Waals surface area (Å²) in [7, 11) is 0. The average molecular weight is 312 g/mol. The summed E-state index contributed by atoms with van der Waals surface area (Å²) >= 11 is 0. The third-order valence-corrected chi connectivity index (χ3v) is 4.94. The van der Waals surface area contributed by atoms with Gasteiger partial charge in [0, 0.05) is 5.56 Å². The molecule has 3 aromatic rings. The first kappa shape index (κ1) is 14.9. The van der Waals surface area contributed by atoms with Crippen LogP contribution in [0.1, 0.15) is 32.6 Å². The Hall–Kier alpha value is -2.67. The van der Waals surface area contributed by atoms with E-state index in [-0.39, 0.29) is 0 Å². The standard InChI is InChI=1S/C23H20O/c24-16-20-9-13-22(14-10-20)23-15-19-6-5-17-1-3-18(4-2-17)7-11-21(23)12-8-19/h1-4,8-10,12-16H,5-7,11H2. The van der Waals surface area contributed by atoms with Crippen molar-refractivity contribution < 1.29 is 4.79 Å². The quantitative estimate of drug-likeness (QED) is 0.605. The third-order valence-electron chi connectivity index (χ3n) is 4.94. The largest absolute Gasteiger partial charge is 0.298 e. The highest BCUT2D eigenvalue weighted by Gasteiger charge is 2.09. The molecule has 0 amide bonds. The molecular weight excluding hydrogens is 292 g/mol. The third kappa shape index (κ3) is 3.03. The highest BCUT2D eigenvalue weighted by molar-refractivity contribution is 5.77. The molecule has 118 valence electrons. The van der Waals surface area contributed by atoms with E-state index in [9.17, 15) is 4.79 Å². The van der Waals surface area contributed by atoms with E-state index < -0.39 is 0 Å². The molecule has 0 unspecified atom stereocenters. The van der Waals surface area contributed by atoms with Gasteiger partial charge in [0.25, 0.3) is 0 Å². The Morgan fingerprint density at radius 1 is 0.625 bits per heavy atom. The maximum absolute atomic E-state index is 10.9. The van der Waals surface area contributed by atoms with Crippen molar-refractivity contribution in [3.63, 3.8) is 0 Å². The highest BCUT2D eigenvalue weighted by Crippen LogP contribution is 2.28. The summed E-state index contributed by atoms with van der Waals surface area (Å²) in [5.41, 5.74) is 8.78. The predicted molar refractivity (Wildman–Crippen MR) is 98.5 cm³/mol. The van der Waals surface area contributed by atoms with Crippen LogP contribution in [-0.2, 0) is 25.7 Å². The molecule has 0 atom stereocenters. The number of carbonyl (C=O) groups is 1. The maximum atomic E-state index is 10.9. The van der Waals surface area contributed by atoms with Crippen LogP contribution in [0.25, 0.3) is 11.1 Å². The van der Waals surface area contributed by atoms with Crippen molar-refractivity contribution in [3.8, 4) is 11.1 Å². The zero-order valence-corrected chi connectivity index (χ0v) is 13.7. The molecule has 0 saturated heterocycles. The zero-order chi connectivity index (χ0) is 16.4. The van der Waals surface area contributed by atoms with Crippen LogP contribution in [0.3, 0.4) is 0 Å². The Bertz CT molecular complexity index is 858. The van der Waals surface area contributed by atoms with Gasteiger partial charge in [-0.05, 0) is 59.1 Å².